The molecule has 0 aromatic carbocycles. The molecule has 1 rings (SSSR count). The van der Waals surface area contributed by atoms with Crippen molar-refractivity contribution in [2.75, 3.05) is 6.54 Å². The van der Waals surface area contributed by atoms with E-state index in [2.05, 4.69) is 24.1 Å². The van der Waals surface area contributed by atoms with E-state index in [4.69, 9.17) is 5.73 Å². The normalized spacial score (nSPS) is 12.8. The lowest BCUT2D eigenvalue weighted by Gasteiger charge is -2.16. The molecular formula is C11H19N3OS. The quantitative estimate of drug-likeness (QED) is 0.819. The van der Waals surface area contributed by atoms with Gasteiger partial charge >= 0.3 is 0 Å². The van der Waals surface area contributed by atoms with Crippen LogP contribution in [0.3, 0.4) is 0 Å². The number of rotatable bonds is 5. The van der Waals surface area contributed by atoms with Gasteiger partial charge in [-0.05, 0) is 19.4 Å². The summed E-state index contributed by atoms with van der Waals surface area (Å²) in [5, 5.41) is 5.63. The summed E-state index contributed by atoms with van der Waals surface area (Å²) in [6.45, 7) is 6.71. The molecule has 1 unspecified atom stereocenters. The molecule has 0 bridgehead atoms. The molecule has 0 saturated heterocycles. The molecule has 0 aliphatic carbocycles. The first kappa shape index (κ1) is 13.1. The van der Waals surface area contributed by atoms with Gasteiger partial charge in [-0.2, -0.15) is 0 Å². The summed E-state index contributed by atoms with van der Waals surface area (Å²) in [7, 11) is 0. The van der Waals surface area contributed by atoms with Crippen molar-refractivity contribution in [1.82, 2.24) is 10.3 Å². The average molecular weight is 241 g/mol. The third kappa shape index (κ3) is 3.57. The SMILES string of the molecule is CC(C)C(C)NC(=O)c1csc(CCN)n1. The fourth-order valence-electron chi connectivity index (χ4n) is 1.10. The van der Waals surface area contributed by atoms with Gasteiger partial charge in [0.05, 0.1) is 5.01 Å². The summed E-state index contributed by atoms with van der Waals surface area (Å²) in [5.41, 5.74) is 5.93. The van der Waals surface area contributed by atoms with Crippen LogP contribution < -0.4 is 11.1 Å². The second-order valence-corrected chi connectivity index (χ2v) is 5.11. The molecule has 4 nitrogen and oxygen atoms in total. The highest BCUT2D eigenvalue weighted by Gasteiger charge is 2.14. The first-order valence-electron chi connectivity index (χ1n) is 5.50. The van der Waals surface area contributed by atoms with Crippen LogP contribution in [0.15, 0.2) is 5.38 Å². The fraction of sp³-hybridized carbons (Fsp3) is 0.636. The molecule has 1 atom stereocenters. The van der Waals surface area contributed by atoms with E-state index in [0.717, 1.165) is 11.4 Å². The molecule has 1 heterocycles. The van der Waals surface area contributed by atoms with Crippen LogP contribution in [-0.4, -0.2) is 23.5 Å². The van der Waals surface area contributed by atoms with Gasteiger partial charge in [-0.3, -0.25) is 4.79 Å². The number of nitrogens with one attached hydrogen (secondary N) is 1. The van der Waals surface area contributed by atoms with Gasteiger partial charge < -0.3 is 11.1 Å². The Morgan fingerprint density at radius 2 is 2.25 bits per heavy atom. The van der Waals surface area contributed by atoms with E-state index < -0.39 is 0 Å². The Kier molecular flexibility index (Phi) is 4.89. The number of carbonyl (C=O) groups excluding carboxylic acids is 1. The lowest BCUT2D eigenvalue weighted by Crippen LogP contribution is -2.36. The topological polar surface area (TPSA) is 68.0 Å². The Balaban J connectivity index is 2.59. The van der Waals surface area contributed by atoms with Crippen LogP contribution in [-0.2, 0) is 6.42 Å². The molecule has 0 fully saturated rings. The molecule has 0 saturated carbocycles. The van der Waals surface area contributed by atoms with E-state index in [1.807, 2.05) is 6.92 Å². The van der Waals surface area contributed by atoms with Crippen molar-refractivity contribution >= 4 is 17.2 Å². The number of hydrogen-bond acceptors (Lipinski definition) is 4. The second kappa shape index (κ2) is 5.96. The molecule has 0 radical (unpaired) electrons. The molecule has 90 valence electrons. The highest BCUT2D eigenvalue weighted by molar-refractivity contribution is 7.09. The molecule has 1 aromatic rings. The number of nitrogens with two attached hydrogens (primary N) is 1. The standard InChI is InChI=1S/C11H19N3OS/c1-7(2)8(3)13-11(15)9-6-16-10(14-9)4-5-12/h6-8H,4-5,12H2,1-3H3,(H,13,15). The lowest BCUT2D eigenvalue weighted by atomic mass is 10.1. The van der Waals surface area contributed by atoms with Crippen molar-refractivity contribution in [3.63, 3.8) is 0 Å². The van der Waals surface area contributed by atoms with E-state index in [1.54, 1.807) is 5.38 Å². The molecule has 0 aliphatic heterocycles. The van der Waals surface area contributed by atoms with Crippen LogP contribution in [0.4, 0.5) is 0 Å². The van der Waals surface area contributed by atoms with Gasteiger partial charge in [-0.15, -0.1) is 11.3 Å². The van der Waals surface area contributed by atoms with Crippen LogP contribution >= 0.6 is 11.3 Å². The van der Waals surface area contributed by atoms with Gasteiger partial charge in [0.15, 0.2) is 0 Å². The van der Waals surface area contributed by atoms with Crippen molar-refractivity contribution in [3.8, 4) is 0 Å². The lowest BCUT2D eigenvalue weighted by molar-refractivity contribution is 0.0926. The molecule has 1 aromatic heterocycles. The van der Waals surface area contributed by atoms with Crippen LogP contribution in [0.5, 0.6) is 0 Å². The predicted molar refractivity (Wildman–Crippen MR) is 66.6 cm³/mol. The van der Waals surface area contributed by atoms with Crippen molar-refractivity contribution in [3.05, 3.63) is 16.1 Å². The van der Waals surface area contributed by atoms with Crippen molar-refractivity contribution < 1.29 is 4.79 Å². The van der Waals surface area contributed by atoms with Gasteiger partial charge in [0.25, 0.3) is 5.91 Å². The Morgan fingerprint density at radius 3 is 2.81 bits per heavy atom. The maximum absolute atomic E-state index is 11.8. The van der Waals surface area contributed by atoms with Gasteiger partial charge in [0.2, 0.25) is 0 Å². The Labute approximate surface area is 100 Å². The van der Waals surface area contributed by atoms with Crippen LogP contribution in [0.1, 0.15) is 36.3 Å². The Hall–Kier alpha value is -0.940. The molecule has 16 heavy (non-hydrogen) atoms. The molecule has 3 N–H and O–H groups in total. The van der Waals surface area contributed by atoms with Crippen LogP contribution in [0, 0.1) is 5.92 Å². The zero-order valence-electron chi connectivity index (χ0n) is 9.99. The summed E-state index contributed by atoms with van der Waals surface area (Å²) in [4.78, 5) is 16.0. The third-order valence-electron chi connectivity index (χ3n) is 2.50. The molecule has 0 aliphatic rings. The summed E-state index contributed by atoms with van der Waals surface area (Å²) >= 11 is 1.49. The highest BCUT2D eigenvalue weighted by atomic mass is 32.1. The first-order chi connectivity index (χ1) is 7.54. The summed E-state index contributed by atoms with van der Waals surface area (Å²) in [6, 6.07) is 0.159. The molecular weight excluding hydrogens is 222 g/mol. The number of carbonyl (C=O) groups is 1. The van der Waals surface area contributed by atoms with Crippen LogP contribution in [0.25, 0.3) is 0 Å². The minimum atomic E-state index is -0.0966. The third-order valence-corrected chi connectivity index (χ3v) is 3.41. The predicted octanol–water partition coefficient (Wildman–Crippen LogP) is 1.42. The number of aromatic nitrogens is 1. The monoisotopic (exact) mass is 241 g/mol. The van der Waals surface area contributed by atoms with Crippen molar-refractivity contribution in [2.45, 2.75) is 33.2 Å². The van der Waals surface area contributed by atoms with E-state index in [-0.39, 0.29) is 11.9 Å². The fourth-order valence-corrected chi connectivity index (χ4v) is 1.90. The van der Waals surface area contributed by atoms with E-state index in [1.165, 1.54) is 11.3 Å². The van der Waals surface area contributed by atoms with Crippen molar-refractivity contribution in [2.24, 2.45) is 11.7 Å². The minimum Gasteiger partial charge on any atom is -0.348 e. The largest absolute Gasteiger partial charge is 0.348 e. The molecule has 5 heteroatoms. The Bertz CT molecular complexity index is 349. The maximum Gasteiger partial charge on any atom is 0.270 e. The highest BCUT2D eigenvalue weighted by Crippen LogP contribution is 2.10. The summed E-state index contributed by atoms with van der Waals surface area (Å²) in [5.74, 6) is 0.326. The first-order valence-corrected chi connectivity index (χ1v) is 6.38. The number of hydrogen-bond donors (Lipinski definition) is 2. The van der Waals surface area contributed by atoms with E-state index in [0.29, 0.717) is 18.2 Å². The zero-order chi connectivity index (χ0) is 12.1. The van der Waals surface area contributed by atoms with Crippen molar-refractivity contribution in [1.29, 1.82) is 0 Å². The Morgan fingerprint density at radius 1 is 1.56 bits per heavy atom. The van der Waals surface area contributed by atoms with E-state index in [9.17, 15) is 4.79 Å². The molecule has 0 spiro atoms. The van der Waals surface area contributed by atoms with E-state index >= 15 is 0 Å². The molecule has 1 amide bonds. The maximum atomic E-state index is 11.8. The van der Waals surface area contributed by atoms with Gasteiger partial charge in [-0.25, -0.2) is 4.98 Å². The summed E-state index contributed by atoms with van der Waals surface area (Å²) < 4.78 is 0. The van der Waals surface area contributed by atoms with Gasteiger partial charge in [-0.1, -0.05) is 13.8 Å². The van der Waals surface area contributed by atoms with Crippen LogP contribution in [0.2, 0.25) is 0 Å². The number of nitrogens with zero attached hydrogens (tertiary/aromatic N) is 1. The number of thiazole rings is 1. The zero-order valence-corrected chi connectivity index (χ0v) is 10.8. The average Bonchev–Trinajstić information content (AvgIpc) is 2.66. The minimum absolute atomic E-state index is 0.0966. The number of amides is 1. The summed E-state index contributed by atoms with van der Waals surface area (Å²) in [6.07, 6.45) is 0.734. The smallest absolute Gasteiger partial charge is 0.270 e. The van der Waals surface area contributed by atoms with Gasteiger partial charge in [0, 0.05) is 17.8 Å². The second-order valence-electron chi connectivity index (χ2n) is 4.17. The van der Waals surface area contributed by atoms with Gasteiger partial charge in [0.1, 0.15) is 5.69 Å².